The van der Waals surface area contributed by atoms with Crippen LogP contribution in [0.15, 0.2) is 66.7 Å². The van der Waals surface area contributed by atoms with E-state index in [1.165, 1.54) is 24.3 Å². The number of carbonyl (C=O) groups is 4. The quantitative estimate of drug-likeness (QED) is 0.338. The molecule has 4 amide bonds. The Morgan fingerprint density at radius 3 is 2.28 bits per heavy atom. The number of halogens is 1. The summed E-state index contributed by atoms with van der Waals surface area (Å²) in [6.07, 6.45) is 0.368. The number of carbonyl (C=O) groups excluding carboxylic acids is 3. The average molecular weight is 632 g/mol. The van der Waals surface area contributed by atoms with Gasteiger partial charge >= 0.3 is 12.0 Å². The van der Waals surface area contributed by atoms with E-state index in [-0.39, 0.29) is 23.6 Å². The molecule has 0 saturated carbocycles. The molecule has 3 aromatic rings. The Kier molecular flexibility index (Phi) is 10.5. The van der Waals surface area contributed by atoms with Crippen molar-refractivity contribution in [1.82, 2.24) is 15.1 Å². The molecule has 2 aliphatic rings. The van der Waals surface area contributed by atoms with Gasteiger partial charge in [-0.2, -0.15) is 0 Å². The third-order valence-corrected chi connectivity index (χ3v) is 8.15. The molecule has 1 unspecified atom stereocenters. The van der Waals surface area contributed by atoms with Crippen LogP contribution in [0, 0.1) is 12.7 Å². The van der Waals surface area contributed by atoms with Crippen molar-refractivity contribution in [2.45, 2.75) is 25.8 Å². The number of amides is 4. The highest BCUT2D eigenvalue weighted by Gasteiger charge is 2.27. The summed E-state index contributed by atoms with van der Waals surface area (Å²) >= 11 is 0. The van der Waals surface area contributed by atoms with E-state index in [4.69, 9.17) is 4.74 Å². The largest absolute Gasteiger partial charge is 0.481 e. The van der Waals surface area contributed by atoms with E-state index in [9.17, 15) is 28.7 Å². The molecule has 2 saturated heterocycles. The standard InChI is InChI=1S/C34H38FN5O6/c1-23-6-8-24(9-7-23)28(22-31(41)42)36-33(44)26-10-11-30(29(21-26)37-32(43)25-4-2-5-27(35)20-25)38-12-3-13-39(15-14-38)34(45)40-16-18-46-19-17-40/h2,4-11,20-21,28H,3,12-19,22H2,1H3,(H,36,44)(H,37,43)(H,41,42). The van der Waals surface area contributed by atoms with Crippen molar-refractivity contribution >= 4 is 35.2 Å². The Morgan fingerprint density at radius 2 is 1.57 bits per heavy atom. The molecule has 242 valence electrons. The van der Waals surface area contributed by atoms with Gasteiger partial charge in [-0.05, 0) is 55.3 Å². The summed E-state index contributed by atoms with van der Waals surface area (Å²) in [6, 6.07) is 16.7. The zero-order valence-corrected chi connectivity index (χ0v) is 25.7. The first kappa shape index (κ1) is 32.4. The molecule has 46 heavy (non-hydrogen) atoms. The van der Waals surface area contributed by atoms with E-state index in [2.05, 4.69) is 15.5 Å². The predicted molar refractivity (Wildman–Crippen MR) is 171 cm³/mol. The van der Waals surface area contributed by atoms with Crippen LogP contribution in [-0.2, 0) is 9.53 Å². The van der Waals surface area contributed by atoms with Crippen molar-refractivity contribution in [3.05, 3.63) is 94.8 Å². The third-order valence-electron chi connectivity index (χ3n) is 8.15. The summed E-state index contributed by atoms with van der Waals surface area (Å²) < 4.78 is 19.3. The van der Waals surface area contributed by atoms with Crippen LogP contribution in [0.5, 0.6) is 0 Å². The van der Waals surface area contributed by atoms with Crippen molar-refractivity contribution in [2.75, 3.05) is 62.7 Å². The lowest BCUT2D eigenvalue weighted by Gasteiger charge is -2.32. The molecule has 0 aromatic heterocycles. The van der Waals surface area contributed by atoms with E-state index in [1.54, 1.807) is 29.2 Å². The van der Waals surface area contributed by atoms with Gasteiger partial charge in [-0.1, -0.05) is 35.9 Å². The molecule has 11 nitrogen and oxygen atoms in total. The van der Waals surface area contributed by atoms with Crippen LogP contribution in [-0.4, -0.2) is 91.2 Å². The molecule has 2 heterocycles. The van der Waals surface area contributed by atoms with Crippen LogP contribution in [0.2, 0.25) is 0 Å². The van der Waals surface area contributed by atoms with Crippen LogP contribution < -0.4 is 15.5 Å². The Labute approximate surface area is 266 Å². The smallest absolute Gasteiger partial charge is 0.320 e. The van der Waals surface area contributed by atoms with Crippen molar-refractivity contribution in [2.24, 2.45) is 0 Å². The Hall–Kier alpha value is -4.97. The fraction of sp³-hybridized carbons (Fsp3) is 0.353. The van der Waals surface area contributed by atoms with Gasteiger partial charge in [0.1, 0.15) is 5.82 Å². The SMILES string of the molecule is Cc1ccc(C(CC(=O)O)NC(=O)c2ccc(N3CCCN(C(=O)N4CCOCC4)CC3)c(NC(=O)c3cccc(F)c3)c2)cc1. The number of urea groups is 1. The molecular weight excluding hydrogens is 593 g/mol. The summed E-state index contributed by atoms with van der Waals surface area (Å²) in [5.74, 6) is -2.69. The molecule has 0 aliphatic carbocycles. The number of hydrogen-bond acceptors (Lipinski definition) is 6. The van der Waals surface area contributed by atoms with Gasteiger partial charge in [0.2, 0.25) is 0 Å². The number of benzene rings is 3. The minimum absolute atomic E-state index is 0.0266. The van der Waals surface area contributed by atoms with Crippen molar-refractivity contribution in [3.8, 4) is 0 Å². The van der Waals surface area contributed by atoms with Gasteiger partial charge in [0, 0.05) is 50.4 Å². The normalized spacial score (nSPS) is 15.9. The summed E-state index contributed by atoms with van der Waals surface area (Å²) in [6.45, 7) is 6.16. The molecule has 0 bridgehead atoms. The number of aliphatic carboxylic acids is 1. The topological polar surface area (TPSA) is 132 Å². The molecule has 1 atom stereocenters. The van der Waals surface area contributed by atoms with Gasteiger partial charge < -0.3 is 35.2 Å². The molecule has 3 N–H and O–H groups in total. The number of nitrogens with one attached hydrogen (secondary N) is 2. The zero-order valence-electron chi connectivity index (χ0n) is 25.7. The van der Waals surface area contributed by atoms with Gasteiger partial charge in [-0.25, -0.2) is 9.18 Å². The fourth-order valence-electron chi connectivity index (χ4n) is 5.65. The Bertz CT molecular complexity index is 1580. The van der Waals surface area contributed by atoms with Gasteiger partial charge in [0.25, 0.3) is 11.8 Å². The van der Waals surface area contributed by atoms with E-state index in [0.717, 1.165) is 11.6 Å². The number of aryl methyl sites for hydroxylation is 1. The van der Waals surface area contributed by atoms with Gasteiger partial charge in [0.15, 0.2) is 0 Å². The Balaban J connectivity index is 1.39. The maximum Gasteiger partial charge on any atom is 0.320 e. The fourth-order valence-corrected chi connectivity index (χ4v) is 5.65. The minimum Gasteiger partial charge on any atom is -0.481 e. The van der Waals surface area contributed by atoms with E-state index in [0.29, 0.717) is 75.8 Å². The predicted octanol–water partition coefficient (Wildman–Crippen LogP) is 4.30. The van der Waals surface area contributed by atoms with Gasteiger partial charge in [-0.3, -0.25) is 14.4 Å². The van der Waals surface area contributed by atoms with Crippen molar-refractivity contribution < 1.29 is 33.4 Å². The molecule has 0 spiro atoms. The molecule has 5 rings (SSSR count). The number of carboxylic acids is 1. The van der Waals surface area contributed by atoms with E-state index in [1.807, 2.05) is 24.0 Å². The maximum atomic E-state index is 13.9. The first-order valence-corrected chi connectivity index (χ1v) is 15.3. The monoisotopic (exact) mass is 631 g/mol. The second-order valence-electron chi connectivity index (χ2n) is 11.4. The lowest BCUT2D eigenvalue weighted by molar-refractivity contribution is -0.137. The second-order valence-corrected chi connectivity index (χ2v) is 11.4. The van der Waals surface area contributed by atoms with Crippen LogP contribution in [0.3, 0.4) is 0 Å². The number of carboxylic acid groups (broad SMARTS) is 1. The molecule has 12 heteroatoms. The molecule has 3 aromatic carbocycles. The number of nitrogens with zero attached hydrogens (tertiary/aromatic N) is 3. The highest BCUT2D eigenvalue weighted by molar-refractivity contribution is 6.07. The van der Waals surface area contributed by atoms with Crippen LogP contribution in [0.1, 0.15) is 50.7 Å². The molecular formula is C34H38FN5O6. The summed E-state index contributed by atoms with van der Waals surface area (Å²) in [4.78, 5) is 57.2. The highest BCUT2D eigenvalue weighted by atomic mass is 19.1. The first-order valence-electron chi connectivity index (χ1n) is 15.3. The number of anilines is 2. The highest BCUT2D eigenvalue weighted by Crippen LogP contribution is 2.30. The molecule has 2 aliphatic heterocycles. The lowest BCUT2D eigenvalue weighted by atomic mass is 10.0. The maximum absolute atomic E-state index is 13.9. The van der Waals surface area contributed by atoms with Gasteiger partial charge in [0.05, 0.1) is 37.1 Å². The lowest BCUT2D eigenvalue weighted by Crippen LogP contribution is -2.49. The zero-order chi connectivity index (χ0) is 32.6. The van der Waals surface area contributed by atoms with Gasteiger partial charge in [-0.15, -0.1) is 0 Å². The van der Waals surface area contributed by atoms with E-state index >= 15 is 0 Å². The van der Waals surface area contributed by atoms with Crippen molar-refractivity contribution in [3.63, 3.8) is 0 Å². The van der Waals surface area contributed by atoms with Crippen LogP contribution in [0.25, 0.3) is 0 Å². The third kappa shape index (κ3) is 8.19. The first-order chi connectivity index (χ1) is 22.2. The summed E-state index contributed by atoms with van der Waals surface area (Å²) in [5.41, 5.74) is 2.95. The number of hydrogen-bond donors (Lipinski definition) is 3. The number of ether oxygens (including phenoxy) is 1. The van der Waals surface area contributed by atoms with Crippen LogP contribution in [0.4, 0.5) is 20.6 Å². The van der Waals surface area contributed by atoms with E-state index < -0.39 is 29.6 Å². The average Bonchev–Trinajstić information content (AvgIpc) is 3.31. The number of morpholine rings is 1. The number of rotatable bonds is 8. The van der Waals surface area contributed by atoms with Crippen molar-refractivity contribution in [1.29, 1.82) is 0 Å². The minimum atomic E-state index is -1.06. The second kappa shape index (κ2) is 14.9. The molecule has 2 fully saturated rings. The summed E-state index contributed by atoms with van der Waals surface area (Å²) in [7, 11) is 0. The molecule has 0 radical (unpaired) electrons. The van der Waals surface area contributed by atoms with Crippen LogP contribution >= 0.6 is 0 Å². The Morgan fingerprint density at radius 1 is 0.848 bits per heavy atom. The summed E-state index contributed by atoms with van der Waals surface area (Å²) in [5, 5.41) is 15.2.